The molecule has 0 unspecified atom stereocenters. The second-order valence-corrected chi connectivity index (χ2v) is 11.6. The molecule has 7 heteroatoms. The third-order valence-corrected chi connectivity index (χ3v) is 6.97. The fraction of sp³-hybridized carbons (Fsp3) is 0.444. The number of nitrogens with zero attached hydrogens (tertiary/aromatic N) is 2. The fourth-order valence-corrected chi connectivity index (χ4v) is 5.58. The molecule has 1 amide bonds. The van der Waals surface area contributed by atoms with Crippen molar-refractivity contribution in [1.29, 1.82) is 0 Å². The van der Waals surface area contributed by atoms with Gasteiger partial charge in [0.15, 0.2) is 0 Å². The summed E-state index contributed by atoms with van der Waals surface area (Å²) >= 11 is 1.60. The SMILES string of the molecule is CN(C)Cc1ccc2nc(CNC(=O)C3(CC(=O)OC(C)(C)C)Cc4ccccc4C3)sc2c1. The molecule has 0 atom stereocenters. The van der Waals surface area contributed by atoms with Crippen LogP contribution in [0.15, 0.2) is 42.5 Å². The number of amides is 1. The first-order valence-electron chi connectivity index (χ1n) is 11.6. The second kappa shape index (κ2) is 9.47. The van der Waals surface area contributed by atoms with Crippen LogP contribution in [0.2, 0.25) is 0 Å². The Morgan fingerprint density at radius 1 is 1.12 bits per heavy atom. The molecule has 1 aliphatic carbocycles. The second-order valence-electron chi connectivity index (χ2n) is 10.5. The van der Waals surface area contributed by atoms with E-state index >= 15 is 0 Å². The van der Waals surface area contributed by atoms with E-state index in [1.807, 2.05) is 65.2 Å². The Balaban J connectivity index is 1.50. The molecule has 0 saturated carbocycles. The zero-order valence-electron chi connectivity index (χ0n) is 20.6. The summed E-state index contributed by atoms with van der Waals surface area (Å²) in [5.74, 6) is -0.467. The van der Waals surface area contributed by atoms with Gasteiger partial charge in [0.2, 0.25) is 5.91 Å². The maximum absolute atomic E-state index is 13.6. The van der Waals surface area contributed by atoms with Gasteiger partial charge in [0, 0.05) is 6.54 Å². The minimum absolute atomic E-state index is 0.0541. The Hall–Kier alpha value is -2.77. The number of nitrogens with one attached hydrogen (secondary N) is 1. The Kier molecular flexibility index (Phi) is 6.78. The van der Waals surface area contributed by atoms with Crippen molar-refractivity contribution in [3.8, 4) is 0 Å². The predicted octanol–water partition coefficient (Wildman–Crippen LogP) is 4.49. The first kappa shape index (κ1) is 24.4. The van der Waals surface area contributed by atoms with Crippen LogP contribution in [-0.2, 0) is 40.3 Å². The number of hydrogen-bond acceptors (Lipinski definition) is 6. The third-order valence-electron chi connectivity index (χ3n) is 5.96. The number of carbonyl (C=O) groups excluding carboxylic acids is 2. The van der Waals surface area contributed by atoms with E-state index in [1.54, 1.807) is 11.3 Å². The van der Waals surface area contributed by atoms with Crippen molar-refractivity contribution in [2.75, 3.05) is 14.1 Å². The molecule has 2 aromatic carbocycles. The molecule has 0 saturated heterocycles. The molecule has 180 valence electrons. The number of hydrogen-bond donors (Lipinski definition) is 1. The van der Waals surface area contributed by atoms with Gasteiger partial charge in [0.1, 0.15) is 10.6 Å². The van der Waals surface area contributed by atoms with E-state index in [4.69, 9.17) is 9.72 Å². The molecule has 0 aliphatic heterocycles. The lowest BCUT2D eigenvalue weighted by molar-refractivity contribution is -0.160. The lowest BCUT2D eigenvalue weighted by atomic mass is 9.80. The molecule has 1 heterocycles. The molecule has 0 fully saturated rings. The highest BCUT2D eigenvalue weighted by molar-refractivity contribution is 7.18. The van der Waals surface area contributed by atoms with E-state index in [-0.39, 0.29) is 18.3 Å². The van der Waals surface area contributed by atoms with Crippen molar-refractivity contribution in [2.24, 2.45) is 5.41 Å². The average Bonchev–Trinajstić information content (AvgIpc) is 3.30. The number of aromatic nitrogens is 1. The number of benzene rings is 2. The van der Waals surface area contributed by atoms with Crippen LogP contribution in [0.25, 0.3) is 10.2 Å². The first-order valence-corrected chi connectivity index (χ1v) is 12.4. The zero-order chi connectivity index (χ0) is 24.5. The van der Waals surface area contributed by atoms with Gasteiger partial charge in [0.05, 0.1) is 28.6 Å². The highest BCUT2D eigenvalue weighted by atomic mass is 32.1. The number of thiazole rings is 1. The normalized spacial score (nSPS) is 14.9. The zero-order valence-corrected chi connectivity index (χ0v) is 21.4. The Morgan fingerprint density at radius 3 is 2.41 bits per heavy atom. The number of esters is 1. The molecule has 4 rings (SSSR count). The van der Waals surface area contributed by atoms with E-state index < -0.39 is 11.0 Å². The summed E-state index contributed by atoms with van der Waals surface area (Å²) in [7, 11) is 4.10. The minimum atomic E-state index is -0.846. The van der Waals surface area contributed by atoms with Crippen LogP contribution in [0.1, 0.15) is 48.9 Å². The van der Waals surface area contributed by atoms with Gasteiger partial charge in [-0.1, -0.05) is 30.3 Å². The molecule has 6 nitrogen and oxygen atoms in total. The molecular weight excluding hydrogens is 446 g/mol. The number of fused-ring (bicyclic) bond motifs is 2. The van der Waals surface area contributed by atoms with Crippen LogP contribution in [0, 0.1) is 5.41 Å². The van der Waals surface area contributed by atoms with Crippen LogP contribution in [0.4, 0.5) is 0 Å². The maximum atomic E-state index is 13.6. The summed E-state index contributed by atoms with van der Waals surface area (Å²) < 4.78 is 6.69. The van der Waals surface area contributed by atoms with Crippen LogP contribution in [0.5, 0.6) is 0 Å². The van der Waals surface area contributed by atoms with Crippen LogP contribution >= 0.6 is 11.3 Å². The Labute approximate surface area is 205 Å². The smallest absolute Gasteiger partial charge is 0.307 e. The summed E-state index contributed by atoms with van der Waals surface area (Å²) in [4.78, 5) is 33.1. The standard InChI is InChI=1S/C27H33N3O3S/c1-26(2,3)33-24(31)15-27(13-19-8-6-7-9-20(19)14-27)25(32)28-16-23-29-21-11-10-18(17-30(4)5)12-22(21)34-23/h6-12H,13-17H2,1-5H3,(H,28,32). The van der Waals surface area contributed by atoms with Crippen molar-refractivity contribution in [1.82, 2.24) is 15.2 Å². The molecule has 3 aromatic rings. The van der Waals surface area contributed by atoms with Crippen molar-refractivity contribution in [3.63, 3.8) is 0 Å². The van der Waals surface area contributed by atoms with Gasteiger partial charge < -0.3 is 15.0 Å². The van der Waals surface area contributed by atoms with Crippen LogP contribution in [-0.4, -0.2) is 41.5 Å². The monoisotopic (exact) mass is 479 g/mol. The molecular formula is C27H33N3O3S. The molecule has 0 bridgehead atoms. The van der Waals surface area contributed by atoms with Crippen molar-refractivity contribution in [2.45, 2.75) is 58.7 Å². The Bertz CT molecular complexity index is 1180. The number of ether oxygens (including phenoxy) is 1. The highest BCUT2D eigenvalue weighted by Gasteiger charge is 2.46. The lowest BCUT2D eigenvalue weighted by Gasteiger charge is -2.28. The summed E-state index contributed by atoms with van der Waals surface area (Å²) in [6.45, 7) is 6.75. The van der Waals surface area contributed by atoms with Gasteiger partial charge in [-0.15, -0.1) is 11.3 Å². The van der Waals surface area contributed by atoms with Gasteiger partial charge in [-0.25, -0.2) is 4.98 Å². The molecule has 0 radical (unpaired) electrons. The van der Waals surface area contributed by atoms with E-state index in [0.29, 0.717) is 19.4 Å². The molecule has 1 N–H and O–H groups in total. The van der Waals surface area contributed by atoms with Gasteiger partial charge in [0.25, 0.3) is 0 Å². The quantitative estimate of drug-likeness (QED) is 0.506. The van der Waals surface area contributed by atoms with E-state index in [0.717, 1.165) is 32.9 Å². The van der Waals surface area contributed by atoms with Crippen LogP contribution in [0.3, 0.4) is 0 Å². The highest BCUT2D eigenvalue weighted by Crippen LogP contribution is 2.41. The average molecular weight is 480 g/mol. The fourth-order valence-electron chi connectivity index (χ4n) is 4.61. The molecule has 0 spiro atoms. The summed E-state index contributed by atoms with van der Waals surface area (Å²) in [6.07, 6.45) is 1.11. The van der Waals surface area contributed by atoms with Gasteiger partial charge in [-0.3, -0.25) is 9.59 Å². The van der Waals surface area contributed by atoms with E-state index in [1.165, 1.54) is 5.56 Å². The number of carbonyl (C=O) groups is 2. The van der Waals surface area contributed by atoms with Crippen LogP contribution < -0.4 is 5.32 Å². The summed E-state index contributed by atoms with van der Waals surface area (Å²) in [5, 5.41) is 3.94. The number of rotatable bonds is 7. The van der Waals surface area contributed by atoms with E-state index in [2.05, 4.69) is 22.3 Å². The summed E-state index contributed by atoms with van der Waals surface area (Å²) in [5.41, 5.74) is 2.98. The first-order chi connectivity index (χ1) is 16.0. The largest absolute Gasteiger partial charge is 0.460 e. The van der Waals surface area contributed by atoms with Gasteiger partial charge >= 0.3 is 5.97 Å². The maximum Gasteiger partial charge on any atom is 0.307 e. The molecule has 34 heavy (non-hydrogen) atoms. The van der Waals surface area contributed by atoms with Gasteiger partial charge in [-0.2, -0.15) is 0 Å². The molecule has 1 aromatic heterocycles. The van der Waals surface area contributed by atoms with Gasteiger partial charge in [-0.05, 0) is 76.5 Å². The molecule has 1 aliphatic rings. The Morgan fingerprint density at radius 2 is 1.79 bits per heavy atom. The minimum Gasteiger partial charge on any atom is -0.460 e. The third kappa shape index (κ3) is 5.65. The van der Waals surface area contributed by atoms with Crippen molar-refractivity contribution < 1.29 is 14.3 Å². The predicted molar refractivity (Wildman–Crippen MR) is 136 cm³/mol. The van der Waals surface area contributed by atoms with Crippen molar-refractivity contribution in [3.05, 3.63) is 64.2 Å². The van der Waals surface area contributed by atoms with E-state index in [9.17, 15) is 9.59 Å². The van der Waals surface area contributed by atoms with Crippen molar-refractivity contribution >= 4 is 33.4 Å². The summed E-state index contributed by atoms with van der Waals surface area (Å²) in [6, 6.07) is 14.3. The lowest BCUT2D eigenvalue weighted by Crippen LogP contribution is -2.44. The topological polar surface area (TPSA) is 71.5 Å².